The molecule has 1 aromatic carbocycles. The van der Waals surface area contributed by atoms with Crippen molar-refractivity contribution in [2.24, 2.45) is 0 Å². The second kappa shape index (κ2) is 8.50. The Morgan fingerprint density at radius 1 is 1.29 bits per heavy atom. The van der Waals surface area contributed by atoms with Crippen molar-refractivity contribution in [1.29, 1.82) is 0 Å². The van der Waals surface area contributed by atoms with Crippen LogP contribution < -0.4 is 10.4 Å². The molecule has 0 unspecified atom stereocenters. The third-order valence-electron chi connectivity index (χ3n) is 3.77. The first kappa shape index (κ1) is 18.0. The van der Waals surface area contributed by atoms with Crippen LogP contribution in [0.3, 0.4) is 0 Å². The number of aliphatic hydroxyl groups excluding tert-OH is 1. The quantitative estimate of drug-likeness (QED) is 0.613. The van der Waals surface area contributed by atoms with E-state index in [1.54, 1.807) is 6.07 Å². The zero-order valence-corrected chi connectivity index (χ0v) is 14.5. The van der Waals surface area contributed by atoms with Crippen LogP contribution >= 0.6 is 0 Å². The molecule has 1 heterocycles. The van der Waals surface area contributed by atoms with Gasteiger partial charge in [0.25, 0.3) is 0 Å². The summed E-state index contributed by atoms with van der Waals surface area (Å²) in [6, 6.07) is 6.91. The van der Waals surface area contributed by atoms with Gasteiger partial charge in [0, 0.05) is 0 Å². The summed E-state index contributed by atoms with van der Waals surface area (Å²) >= 11 is 0. The number of fused-ring (bicyclic) bond motifs is 1. The minimum absolute atomic E-state index is 0.0106. The van der Waals surface area contributed by atoms with E-state index in [2.05, 4.69) is 19.9 Å². The molecule has 2 rings (SSSR count). The Labute approximate surface area is 142 Å². The van der Waals surface area contributed by atoms with Gasteiger partial charge < -0.3 is 14.3 Å². The molecule has 0 aliphatic rings. The first-order valence-corrected chi connectivity index (χ1v) is 8.09. The number of ether oxygens (including phenoxy) is 1. The molecule has 0 atom stereocenters. The Morgan fingerprint density at radius 2 is 2.08 bits per heavy atom. The van der Waals surface area contributed by atoms with E-state index in [9.17, 15) is 9.90 Å². The van der Waals surface area contributed by atoms with Crippen LogP contribution in [-0.4, -0.2) is 18.3 Å². The molecule has 0 saturated carbocycles. The molecule has 0 bridgehead atoms. The van der Waals surface area contributed by atoms with Crippen molar-refractivity contribution >= 4 is 11.0 Å². The van der Waals surface area contributed by atoms with Gasteiger partial charge in [-0.3, -0.25) is 0 Å². The van der Waals surface area contributed by atoms with Crippen molar-refractivity contribution in [2.75, 3.05) is 13.2 Å². The molecular weight excluding hydrogens is 304 g/mol. The number of hydrogen-bond acceptors (Lipinski definition) is 4. The molecule has 1 N–H and O–H groups in total. The standard InChI is InChI=1S/C20H24O4/c1-14(2)6-4-8-16(13-21)10-11-23-18-12-19(22)24-17-9-5-7-15(3)20(17)18/h5-7,9-10,12,21H,4,8,11,13H2,1-3H3. The van der Waals surface area contributed by atoms with Gasteiger partial charge in [-0.1, -0.05) is 23.8 Å². The highest BCUT2D eigenvalue weighted by Gasteiger charge is 2.08. The predicted octanol–water partition coefficient (Wildman–Crippen LogP) is 4.15. The number of allylic oxidation sites excluding steroid dienone is 2. The fourth-order valence-corrected chi connectivity index (χ4v) is 2.51. The average molecular weight is 328 g/mol. The maximum absolute atomic E-state index is 11.7. The summed E-state index contributed by atoms with van der Waals surface area (Å²) < 4.78 is 11.0. The topological polar surface area (TPSA) is 59.7 Å². The molecule has 2 aromatic rings. The van der Waals surface area contributed by atoms with Gasteiger partial charge in [-0.25, -0.2) is 4.79 Å². The van der Waals surface area contributed by atoms with Crippen LogP contribution in [0.1, 0.15) is 32.3 Å². The Kier molecular flexibility index (Phi) is 6.38. The van der Waals surface area contributed by atoms with Crippen LogP contribution in [0.4, 0.5) is 0 Å². The minimum atomic E-state index is -0.432. The van der Waals surface area contributed by atoms with Gasteiger partial charge in [0.15, 0.2) is 0 Å². The van der Waals surface area contributed by atoms with Crippen LogP contribution in [0.2, 0.25) is 0 Å². The van der Waals surface area contributed by atoms with E-state index in [1.807, 2.05) is 25.1 Å². The van der Waals surface area contributed by atoms with Crippen molar-refractivity contribution in [3.8, 4) is 5.75 Å². The van der Waals surface area contributed by atoms with E-state index in [0.717, 1.165) is 29.4 Å². The van der Waals surface area contributed by atoms with Gasteiger partial charge >= 0.3 is 5.63 Å². The van der Waals surface area contributed by atoms with E-state index in [-0.39, 0.29) is 6.61 Å². The lowest BCUT2D eigenvalue weighted by atomic mass is 10.1. The molecule has 0 aliphatic heterocycles. The fraction of sp³-hybridized carbons (Fsp3) is 0.350. The second-order valence-electron chi connectivity index (χ2n) is 6.03. The molecule has 0 amide bonds. The highest BCUT2D eigenvalue weighted by atomic mass is 16.5. The third kappa shape index (κ3) is 4.83. The Bertz CT molecular complexity index is 808. The van der Waals surface area contributed by atoms with Gasteiger partial charge in [-0.2, -0.15) is 0 Å². The number of benzene rings is 1. The van der Waals surface area contributed by atoms with Gasteiger partial charge in [-0.05, 0) is 56.9 Å². The number of aliphatic hydroxyl groups is 1. The first-order valence-electron chi connectivity index (χ1n) is 8.09. The van der Waals surface area contributed by atoms with Gasteiger partial charge in [0.1, 0.15) is 17.9 Å². The summed E-state index contributed by atoms with van der Waals surface area (Å²) in [6.45, 7) is 6.37. The normalized spacial score (nSPS) is 11.6. The van der Waals surface area contributed by atoms with Crippen molar-refractivity contribution in [3.63, 3.8) is 0 Å². The lowest BCUT2D eigenvalue weighted by Gasteiger charge is -2.09. The first-order chi connectivity index (χ1) is 11.5. The van der Waals surface area contributed by atoms with Crippen LogP contribution in [0.15, 0.2) is 56.8 Å². The second-order valence-corrected chi connectivity index (χ2v) is 6.03. The lowest BCUT2D eigenvalue weighted by Crippen LogP contribution is -2.04. The molecule has 4 nitrogen and oxygen atoms in total. The molecule has 0 fully saturated rings. The smallest absolute Gasteiger partial charge is 0.339 e. The monoisotopic (exact) mass is 328 g/mol. The lowest BCUT2D eigenvalue weighted by molar-refractivity contribution is 0.320. The van der Waals surface area contributed by atoms with Crippen LogP contribution in [0.25, 0.3) is 11.0 Å². The van der Waals surface area contributed by atoms with E-state index in [4.69, 9.17) is 9.15 Å². The highest BCUT2D eigenvalue weighted by molar-refractivity contribution is 5.86. The van der Waals surface area contributed by atoms with Crippen molar-refractivity contribution in [3.05, 3.63) is 63.5 Å². The Balaban J connectivity index is 2.14. The van der Waals surface area contributed by atoms with E-state index >= 15 is 0 Å². The minimum Gasteiger partial charge on any atom is -0.488 e. The zero-order valence-electron chi connectivity index (χ0n) is 14.5. The predicted molar refractivity (Wildman–Crippen MR) is 96.5 cm³/mol. The maximum Gasteiger partial charge on any atom is 0.339 e. The number of hydrogen-bond donors (Lipinski definition) is 1. The summed E-state index contributed by atoms with van der Waals surface area (Å²) in [6.07, 6.45) is 5.70. The molecule has 128 valence electrons. The summed E-state index contributed by atoms with van der Waals surface area (Å²) in [5.41, 5.74) is 3.27. The molecule has 1 aromatic heterocycles. The average Bonchev–Trinajstić information content (AvgIpc) is 2.52. The van der Waals surface area contributed by atoms with Crippen LogP contribution in [0.5, 0.6) is 5.75 Å². The maximum atomic E-state index is 11.7. The fourth-order valence-electron chi connectivity index (χ4n) is 2.51. The van der Waals surface area contributed by atoms with Gasteiger partial charge in [0.05, 0.1) is 18.1 Å². The number of rotatable bonds is 7. The van der Waals surface area contributed by atoms with Crippen LogP contribution in [0, 0.1) is 6.92 Å². The summed E-state index contributed by atoms with van der Waals surface area (Å²) in [5.74, 6) is 0.511. The largest absolute Gasteiger partial charge is 0.488 e. The summed E-state index contributed by atoms with van der Waals surface area (Å²) in [4.78, 5) is 11.7. The van der Waals surface area contributed by atoms with Gasteiger partial charge in [0.2, 0.25) is 0 Å². The molecule has 0 spiro atoms. The SMILES string of the molecule is CC(C)=CCCC(=CCOc1cc(=O)oc2cccc(C)c12)CO. The molecule has 0 aliphatic carbocycles. The third-order valence-corrected chi connectivity index (χ3v) is 3.77. The Hall–Kier alpha value is -2.33. The highest BCUT2D eigenvalue weighted by Crippen LogP contribution is 2.27. The number of aryl methyl sites for hydroxylation is 1. The molecule has 24 heavy (non-hydrogen) atoms. The van der Waals surface area contributed by atoms with Crippen molar-refractivity contribution < 1.29 is 14.3 Å². The molecule has 0 saturated heterocycles. The zero-order chi connectivity index (χ0) is 17.5. The van der Waals surface area contributed by atoms with E-state index in [1.165, 1.54) is 11.6 Å². The summed E-state index contributed by atoms with van der Waals surface area (Å²) in [7, 11) is 0. The van der Waals surface area contributed by atoms with E-state index < -0.39 is 5.63 Å². The van der Waals surface area contributed by atoms with Crippen molar-refractivity contribution in [2.45, 2.75) is 33.6 Å². The molecule has 0 radical (unpaired) electrons. The van der Waals surface area contributed by atoms with Crippen molar-refractivity contribution in [1.82, 2.24) is 0 Å². The van der Waals surface area contributed by atoms with Crippen LogP contribution in [-0.2, 0) is 0 Å². The molecule has 4 heteroatoms. The van der Waals surface area contributed by atoms with Gasteiger partial charge in [-0.15, -0.1) is 0 Å². The summed E-state index contributed by atoms with van der Waals surface area (Å²) in [5, 5.41) is 10.2. The Morgan fingerprint density at radius 3 is 2.79 bits per heavy atom. The molecular formula is C20H24O4. The van der Waals surface area contributed by atoms with E-state index in [0.29, 0.717) is 17.9 Å².